The average molecular weight is 313 g/mol. The van der Waals surface area contributed by atoms with Gasteiger partial charge in [0.2, 0.25) is 8.64 Å². The minimum atomic E-state index is -1.02. The van der Waals surface area contributed by atoms with E-state index in [1.807, 2.05) is 0 Å². The largest absolute Gasteiger partial charge is 0.305 e. The zero-order valence-electron chi connectivity index (χ0n) is 15.9. The molecule has 4 heteroatoms. The van der Waals surface area contributed by atoms with Gasteiger partial charge in [-0.05, 0) is 83.1 Å². The standard InChI is InChI=1S/C16H36N2Si2/c1-13(2,3)17(14(4,5)6)20(19)18(15(7,8)9)16(10,11)12/h1-12H3. The quantitative estimate of drug-likeness (QED) is 0.713. The van der Waals surface area contributed by atoms with Gasteiger partial charge in [0.1, 0.15) is 0 Å². The van der Waals surface area contributed by atoms with Crippen LogP contribution < -0.4 is 0 Å². The van der Waals surface area contributed by atoms with Crippen LogP contribution in [-0.2, 0) is 0 Å². The van der Waals surface area contributed by atoms with Crippen molar-refractivity contribution in [2.45, 2.75) is 105 Å². The van der Waals surface area contributed by atoms with Gasteiger partial charge >= 0.3 is 0 Å². The molecule has 0 heterocycles. The summed E-state index contributed by atoms with van der Waals surface area (Å²) < 4.78 is 5.30. The SMILES string of the molecule is CC(C)(C)N([Si]([Si])N(C(C)(C)C)C(C)(C)C)C(C)(C)C. The van der Waals surface area contributed by atoms with Gasteiger partial charge in [-0.3, -0.25) is 0 Å². The Bertz CT molecular complexity index is 253. The lowest BCUT2D eigenvalue weighted by atomic mass is 10.0. The predicted molar refractivity (Wildman–Crippen MR) is 94.2 cm³/mol. The molecule has 0 fully saturated rings. The molecule has 0 aromatic carbocycles. The summed E-state index contributed by atoms with van der Waals surface area (Å²) >= 11 is 0. The van der Waals surface area contributed by atoms with Gasteiger partial charge in [0, 0.05) is 22.2 Å². The molecule has 0 bridgehead atoms. The van der Waals surface area contributed by atoms with Crippen molar-refractivity contribution in [2.75, 3.05) is 0 Å². The van der Waals surface area contributed by atoms with E-state index in [1.165, 1.54) is 0 Å². The number of hydrogen-bond acceptors (Lipinski definition) is 2. The van der Waals surface area contributed by atoms with E-state index in [0.717, 1.165) is 0 Å². The van der Waals surface area contributed by atoms with Gasteiger partial charge in [-0.15, -0.1) is 0 Å². The molecule has 0 aromatic heterocycles. The summed E-state index contributed by atoms with van der Waals surface area (Å²) in [4.78, 5) is 0. The summed E-state index contributed by atoms with van der Waals surface area (Å²) in [5.74, 6) is 0. The summed E-state index contributed by atoms with van der Waals surface area (Å²) in [5.41, 5.74) is 0.512. The molecule has 0 saturated carbocycles. The van der Waals surface area contributed by atoms with Crippen molar-refractivity contribution in [1.82, 2.24) is 9.13 Å². The predicted octanol–water partition coefficient (Wildman–Crippen LogP) is 3.94. The van der Waals surface area contributed by atoms with Crippen molar-refractivity contribution in [1.29, 1.82) is 0 Å². The Hall–Kier alpha value is 0.354. The number of rotatable bonds is 2. The molecule has 0 aromatic rings. The second-order valence-corrected chi connectivity index (χ2v) is 12.6. The van der Waals surface area contributed by atoms with E-state index in [1.54, 1.807) is 0 Å². The highest BCUT2D eigenvalue weighted by Crippen LogP contribution is 2.32. The van der Waals surface area contributed by atoms with Crippen LogP contribution in [-0.4, -0.2) is 49.7 Å². The molecule has 0 unspecified atom stereocenters. The molecule has 0 aliphatic carbocycles. The minimum absolute atomic E-state index is 0.128. The Morgan fingerprint density at radius 2 is 0.650 bits per heavy atom. The molecule has 0 saturated heterocycles. The van der Waals surface area contributed by atoms with Gasteiger partial charge in [-0.25, -0.2) is 0 Å². The van der Waals surface area contributed by atoms with Gasteiger partial charge in [-0.2, -0.15) is 0 Å². The van der Waals surface area contributed by atoms with E-state index in [-0.39, 0.29) is 22.2 Å². The van der Waals surface area contributed by atoms with Crippen LogP contribution in [0.2, 0.25) is 0 Å². The lowest BCUT2D eigenvalue weighted by Crippen LogP contribution is -2.72. The minimum Gasteiger partial charge on any atom is -0.305 e. The van der Waals surface area contributed by atoms with E-state index in [9.17, 15) is 0 Å². The molecule has 4 radical (unpaired) electrons. The highest BCUT2D eigenvalue weighted by molar-refractivity contribution is 7.00. The highest BCUT2D eigenvalue weighted by atomic mass is 29.2. The molecule has 0 aliphatic rings. The van der Waals surface area contributed by atoms with Gasteiger partial charge in [0.25, 0.3) is 0 Å². The lowest BCUT2D eigenvalue weighted by Gasteiger charge is -2.57. The molecule has 20 heavy (non-hydrogen) atoms. The van der Waals surface area contributed by atoms with Crippen molar-refractivity contribution in [3.8, 4) is 0 Å². The lowest BCUT2D eigenvalue weighted by molar-refractivity contribution is 0.0745. The Kier molecular flexibility index (Phi) is 5.96. The molecular weight excluding hydrogens is 276 g/mol. The fourth-order valence-corrected chi connectivity index (χ4v) is 10.1. The molecule has 0 atom stereocenters. The van der Waals surface area contributed by atoms with Crippen LogP contribution in [0.1, 0.15) is 83.1 Å². The molecule has 2 nitrogen and oxygen atoms in total. The Morgan fingerprint density at radius 1 is 0.500 bits per heavy atom. The molecule has 0 spiro atoms. The molecule has 0 amide bonds. The van der Waals surface area contributed by atoms with Gasteiger partial charge in [-0.1, -0.05) is 0 Å². The van der Waals surface area contributed by atoms with Crippen molar-refractivity contribution >= 4 is 18.4 Å². The smallest absolute Gasteiger partial charge is 0.203 e. The second kappa shape index (κ2) is 5.86. The molecule has 0 aliphatic heterocycles. The average Bonchev–Trinajstić information content (AvgIpc) is 1.88. The van der Waals surface area contributed by atoms with E-state index >= 15 is 0 Å². The fourth-order valence-electron chi connectivity index (χ4n) is 3.38. The van der Waals surface area contributed by atoms with E-state index < -0.39 is 8.64 Å². The first-order valence-electron chi connectivity index (χ1n) is 7.59. The normalized spacial score (nSPS) is 15.6. The van der Waals surface area contributed by atoms with Crippen LogP contribution >= 0.6 is 0 Å². The summed E-state index contributed by atoms with van der Waals surface area (Å²) in [5, 5.41) is 0. The maximum atomic E-state index is 4.17. The Labute approximate surface area is 133 Å². The van der Waals surface area contributed by atoms with Crippen LogP contribution in [0.25, 0.3) is 0 Å². The first-order valence-corrected chi connectivity index (χ1v) is 10.5. The van der Waals surface area contributed by atoms with Gasteiger partial charge < -0.3 is 9.13 Å². The maximum absolute atomic E-state index is 4.17. The zero-order valence-corrected chi connectivity index (χ0v) is 17.9. The van der Waals surface area contributed by atoms with Crippen LogP contribution in [0.15, 0.2) is 0 Å². The van der Waals surface area contributed by atoms with Crippen LogP contribution in [0.5, 0.6) is 0 Å². The molecular formula is C16H36N2Si2. The first-order chi connectivity index (χ1) is 8.40. The zero-order chi connectivity index (χ0) is 16.7. The molecule has 0 rings (SSSR count). The van der Waals surface area contributed by atoms with Crippen LogP contribution in [0, 0.1) is 0 Å². The van der Waals surface area contributed by atoms with Crippen molar-refractivity contribution in [3.05, 3.63) is 0 Å². The molecule has 118 valence electrons. The van der Waals surface area contributed by atoms with E-state index in [2.05, 4.69) is 102 Å². The van der Waals surface area contributed by atoms with Crippen molar-refractivity contribution < 1.29 is 0 Å². The first kappa shape index (κ1) is 20.4. The third-order valence-electron chi connectivity index (χ3n) is 3.11. The van der Waals surface area contributed by atoms with Gasteiger partial charge in [0.05, 0.1) is 9.76 Å². The second-order valence-electron chi connectivity index (χ2n) is 9.68. The fraction of sp³-hybridized carbons (Fsp3) is 1.00. The highest BCUT2D eigenvalue weighted by Gasteiger charge is 2.45. The third kappa shape index (κ3) is 5.28. The van der Waals surface area contributed by atoms with Gasteiger partial charge in [0.15, 0.2) is 0 Å². The summed E-state index contributed by atoms with van der Waals surface area (Å²) in [6.45, 7) is 27.7. The Morgan fingerprint density at radius 3 is 0.750 bits per heavy atom. The van der Waals surface area contributed by atoms with Crippen LogP contribution in [0.4, 0.5) is 0 Å². The third-order valence-corrected chi connectivity index (χ3v) is 7.98. The monoisotopic (exact) mass is 312 g/mol. The van der Waals surface area contributed by atoms with E-state index in [0.29, 0.717) is 0 Å². The maximum Gasteiger partial charge on any atom is 0.203 e. The van der Waals surface area contributed by atoms with Crippen molar-refractivity contribution in [2.24, 2.45) is 0 Å². The summed E-state index contributed by atoms with van der Waals surface area (Å²) in [7, 11) is 3.15. The van der Waals surface area contributed by atoms with Crippen molar-refractivity contribution in [3.63, 3.8) is 0 Å². The number of nitrogens with zero attached hydrogens (tertiary/aromatic N) is 2. The Balaban J connectivity index is 5.81. The summed E-state index contributed by atoms with van der Waals surface area (Å²) in [6.07, 6.45) is 0. The van der Waals surface area contributed by atoms with E-state index in [4.69, 9.17) is 0 Å². The molecule has 0 N–H and O–H groups in total. The van der Waals surface area contributed by atoms with Crippen LogP contribution in [0.3, 0.4) is 0 Å². The summed E-state index contributed by atoms with van der Waals surface area (Å²) in [6, 6.07) is 0. The number of hydrogen-bond donors (Lipinski definition) is 0. The topological polar surface area (TPSA) is 6.48 Å².